The lowest BCUT2D eigenvalue weighted by Gasteiger charge is -1.82. The van der Waals surface area contributed by atoms with Gasteiger partial charge in [-0.1, -0.05) is 0 Å². The monoisotopic (exact) mass is 182 g/mol. The summed E-state index contributed by atoms with van der Waals surface area (Å²) in [6.45, 7) is -2.69. The highest BCUT2D eigenvalue weighted by atomic mass is 79.9. The van der Waals surface area contributed by atoms with E-state index < -0.39 is 19.2 Å². The first kappa shape index (κ1) is 2.47. The maximum absolute atomic E-state index is 12.7. The molecule has 44 valence electrons. The molecule has 0 aromatic carbocycles. The van der Waals surface area contributed by atoms with Crippen molar-refractivity contribution in [2.75, 3.05) is 0 Å². The predicted molar refractivity (Wildman–Crippen MR) is 30.9 cm³/mol. The number of nitrogens with zero attached hydrogens (tertiary/aromatic N) is 2. The zero-order valence-electron chi connectivity index (χ0n) is 7.65. The Morgan fingerprint density at radius 2 is 3.00 bits per heavy atom. The van der Waals surface area contributed by atoms with Gasteiger partial charge in [0.2, 0.25) is 0 Å². The van der Waals surface area contributed by atoms with E-state index in [1.165, 1.54) is 0 Å². The molecule has 0 saturated heterocycles. The summed E-state index contributed by atoms with van der Waals surface area (Å²) in [6.07, 6.45) is -1.68. The van der Waals surface area contributed by atoms with Gasteiger partial charge >= 0.3 is 0 Å². The Hall–Kier alpha value is -0.380. The van der Waals surface area contributed by atoms with Crippen LogP contribution in [0.15, 0.2) is 10.8 Å². The normalized spacial score (nSPS) is 18.8. The highest BCUT2D eigenvalue weighted by molar-refractivity contribution is 9.10. The summed E-state index contributed by atoms with van der Waals surface area (Å²) >= 11 is 2.75. The Labute approximate surface area is 60.1 Å². The lowest BCUT2D eigenvalue weighted by Crippen LogP contribution is -1.88. The molecule has 0 saturated carbocycles. The minimum Gasteiger partial charge on any atom is -0.309 e. The van der Waals surface area contributed by atoms with Crippen molar-refractivity contribution in [1.82, 2.24) is 9.55 Å². The largest absolute Gasteiger partial charge is 0.309 e. The Morgan fingerprint density at radius 3 is 3.25 bits per heavy atom. The van der Waals surface area contributed by atoms with Crippen LogP contribution in [0.1, 0.15) is 5.48 Å². The molecule has 0 radical (unpaired) electrons. The van der Waals surface area contributed by atoms with Crippen molar-refractivity contribution in [2.24, 2.45) is 6.98 Å². The van der Waals surface area contributed by atoms with E-state index in [0.29, 0.717) is 0 Å². The average molecular weight is 183 g/mol. The molecule has 0 spiro atoms. The van der Waals surface area contributed by atoms with Crippen LogP contribution in [0.5, 0.6) is 0 Å². The molecule has 0 amide bonds. The molecule has 8 heavy (non-hydrogen) atoms. The molecule has 2 nitrogen and oxygen atoms in total. The van der Waals surface area contributed by atoms with E-state index in [4.69, 9.17) is 5.48 Å². The van der Waals surface area contributed by atoms with E-state index >= 15 is 0 Å². The molecule has 0 aliphatic carbocycles. The van der Waals surface area contributed by atoms with E-state index in [2.05, 4.69) is 20.9 Å². The first-order valence-corrected chi connectivity index (χ1v) is 2.54. The number of halogens is 2. The summed E-state index contributed by atoms with van der Waals surface area (Å²) in [7, 11) is 0. The fourth-order valence-corrected chi connectivity index (χ4v) is 0.618. The summed E-state index contributed by atoms with van der Waals surface area (Å²) in [6, 6.07) is 0. The summed E-state index contributed by atoms with van der Waals surface area (Å²) in [5.74, 6) is 0. The van der Waals surface area contributed by atoms with Crippen LogP contribution < -0.4 is 0 Å². The molecule has 1 aromatic rings. The second kappa shape index (κ2) is 1.85. The highest BCUT2D eigenvalue weighted by Gasteiger charge is 1.97. The quantitative estimate of drug-likeness (QED) is 0.593. The molecule has 4 heteroatoms. The topological polar surface area (TPSA) is 17.8 Å². The Balaban J connectivity index is 3.32. The standard InChI is InChI=1S/C4H4BrFN2/c1-8-2-3(5)7-4(8)6/h2H,1H3/i1D3,2D. The van der Waals surface area contributed by atoms with Crippen molar-refractivity contribution in [3.05, 3.63) is 16.9 Å². The first-order valence-electron chi connectivity index (χ1n) is 3.75. The molecular formula is C4H4BrFN2. The maximum atomic E-state index is 12.7. The van der Waals surface area contributed by atoms with Crippen LogP contribution in [0.2, 0.25) is 0 Å². The van der Waals surface area contributed by atoms with Crippen LogP contribution in [0.25, 0.3) is 0 Å². The van der Waals surface area contributed by atoms with Crippen molar-refractivity contribution in [3.63, 3.8) is 0 Å². The van der Waals surface area contributed by atoms with E-state index in [0.717, 1.165) is 0 Å². The van der Waals surface area contributed by atoms with Gasteiger partial charge in [-0.3, -0.25) is 0 Å². The molecule has 1 heterocycles. The van der Waals surface area contributed by atoms with Gasteiger partial charge in [-0.15, -0.1) is 0 Å². The first-order chi connectivity index (χ1) is 5.34. The average Bonchev–Trinajstić information content (AvgIpc) is 2.05. The molecule has 0 bridgehead atoms. The van der Waals surface area contributed by atoms with Gasteiger partial charge in [-0.25, -0.2) is 0 Å². The molecule has 0 fully saturated rings. The minimum absolute atomic E-state index is 0.115. The van der Waals surface area contributed by atoms with E-state index in [1.54, 1.807) is 0 Å². The highest BCUT2D eigenvalue weighted by Crippen LogP contribution is 2.05. The summed E-state index contributed by atoms with van der Waals surface area (Å²) in [5.41, 5.74) is 0. The molecule has 1 aromatic heterocycles. The third-order valence-corrected chi connectivity index (χ3v) is 0.934. The summed E-state index contributed by atoms with van der Waals surface area (Å²) in [5, 5.41) is 0. The van der Waals surface area contributed by atoms with Gasteiger partial charge in [0.1, 0.15) is 4.60 Å². The lowest BCUT2D eigenvalue weighted by molar-refractivity contribution is 0.500. The number of rotatable bonds is 0. The number of imidazole rings is 1. The molecule has 0 atom stereocenters. The Kier molecular flexibility index (Phi) is 0.573. The maximum Gasteiger partial charge on any atom is 0.289 e. The molecular weight excluding hydrogens is 175 g/mol. The fraction of sp³-hybridized carbons (Fsp3) is 0.250. The summed E-state index contributed by atoms with van der Waals surface area (Å²) < 4.78 is 40.5. The van der Waals surface area contributed by atoms with Crippen LogP contribution in [0, 0.1) is 6.08 Å². The van der Waals surface area contributed by atoms with Crippen molar-refractivity contribution < 1.29 is 9.87 Å². The van der Waals surface area contributed by atoms with Crippen LogP contribution in [-0.2, 0) is 6.98 Å². The third kappa shape index (κ3) is 0.888. The van der Waals surface area contributed by atoms with Crippen molar-refractivity contribution in [1.29, 1.82) is 0 Å². The Bertz CT molecular complexity index is 307. The van der Waals surface area contributed by atoms with Crippen LogP contribution >= 0.6 is 15.9 Å². The number of aromatic nitrogens is 2. The van der Waals surface area contributed by atoms with Gasteiger partial charge in [0, 0.05) is 17.3 Å². The lowest BCUT2D eigenvalue weighted by atomic mass is 10.9. The zero-order chi connectivity index (χ0) is 9.52. The van der Waals surface area contributed by atoms with Gasteiger partial charge in [0.25, 0.3) is 6.08 Å². The zero-order valence-corrected chi connectivity index (χ0v) is 5.24. The van der Waals surface area contributed by atoms with E-state index in [-0.39, 0.29) is 9.17 Å². The molecule has 0 aliphatic rings. The van der Waals surface area contributed by atoms with Gasteiger partial charge < -0.3 is 4.57 Å². The second-order valence-electron chi connectivity index (χ2n) is 1.12. The number of hydrogen-bond donors (Lipinski definition) is 0. The molecule has 0 unspecified atom stereocenters. The van der Waals surface area contributed by atoms with Crippen molar-refractivity contribution >= 4 is 15.9 Å². The van der Waals surface area contributed by atoms with Gasteiger partial charge in [0.05, 0.1) is 1.37 Å². The van der Waals surface area contributed by atoms with Gasteiger partial charge in [-0.05, 0) is 15.9 Å². The molecule has 0 N–H and O–H groups in total. The third-order valence-electron chi connectivity index (χ3n) is 0.579. The smallest absolute Gasteiger partial charge is 0.289 e. The fourth-order valence-electron chi connectivity index (χ4n) is 0.294. The SMILES string of the molecule is [2H]c1c(Br)nc(F)n1C([2H])([2H])[2H]. The number of hydrogen-bond acceptors (Lipinski definition) is 1. The minimum atomic E-state index is -2.69. The van der Waals surface area contributed by atoms with E-state index in [1.807, 2.05) is 0 Å². The van der Waals surface area contributed by atoms with Crippen molar-refractivity contribution in [3.8, 4) is 0 Å². The van der Waals surface area contributed by atoms with E-state index in [9.17, 15) is 4.39 Å². The predicted octanol–water partition coefficient (Wildman–Crippen LogP) is 1.32. The Morgan fingerprint density at radius 1 is 2.25 bits per heavy atom. The van der Waals surface area contributed by atoms with Crippen LogP contribution in [-0.4, -0.2) is 9.55 Å². The molecule has 1 rings (SSSR count). The van der Waals surface area contributed by atoms with Crippen molar-refractivity contribution in [2.45, 2.75) is 0 Å². The summed E-state index contributed by atoms with van der Waals surface area (Å²) in [4.78, 5) is 3.14. The second-order valence-corrected chi connectivity index (χ2v) is 1.87. The van der Waals surface area contributed by atoms with Crippen LogP contribution in [0.4, 0.5) is 4.39 Å². The van der Waals surface area contributed by atoms with Crippen LogP contribution in [0.3, 0.4) is 0 Å². The van der Waals surface area contributed by atoms with Gasteiger partial charge in [0.15, 0.2) is 0 Å². The molecule has 0 aliphatic heterocycles. The van der Waals surface area contributed by atoms with Gasteiger partial charge in [-0.2, -0.15) is 9.37 Å².